The zero-order chi connectivity index (χ0) is 14.1. The predicted octanol–water partition coefficient (Wildman–Crippen LogP) is 2.50. The van der Waals surface area contributed by atoms with E-state index in [4.69, 9.17) is 4.74 Å². The van der Waals surface area contributed by atoms with E-state index < -0.39 is 0 Å². The van der Waals surface area contributed by atoms with Gasteiger partial charge in [-0.3, -0.25) is 9.89 Å². The molecule has 104 valence electrons. The van der Waals surface area contributed by atoms with Gasteiger partial charge in [0.25, 0.3) is 0 Å². The lowest BCUT2D eigenvalue weighted by Crippen LogP contribution is -2.12. The highest BCUT2D eigenvalue weighted by molar-refractivity contribution is 8.00. The van der Waals surface area contributed by atoms with E-state index in [0.29, 0.717) is 11.6 Å². The quantitative estimate of drug-likeness (QED) is 0.891. The van der Waals surface area contributed by atoms with Crippen molar-refractivity contribution in [3.63, 3.8) is 0 Å². The summed E-state index contributed by atoms with van der Waals surface area (Å²) in [6.45, 7) is 1.96. The van der Waals surface area contributed by atoms with Gasteiger partial charge in [0, 0.05) is 16.8 Å². The Morgan fingerprint density at radius 3 is 3.00 bits per heavy atom. The number of anilines is 1. The lowest BCUT2D eigenvalue weighted by molar-refractivity contribution is -0.113. The minimum atomic E-state index is -0.0276. The summed E-state index contributed by atoms with van der Waals surface area (Å²) in [7, 11) is 1.66. The van der Waals surface area contributed by atoms with E-state index in [2.05, 4.69) is 15.5 Å². The maximum absolute atomic E-state index is 11.8. The molecule has 0 fully saturated rings. The molecule has 1 amide bonds. The molecule has 6 heteroatoms. The van der Waals surface area contributed by atoms with Crippen molar-refractivity contribution < 1.29 is 9.53 Å². The Labute approximate surface area is 121 Å². The SMILES string of the molecule is COc1ccccc1[C@H]1SCC(=O)Nc2n[nH]c(C)c21. The summed E-state index contributed by atoms with van der Waals surface area (Å²) in [5.74, 6) is 1.82. The first-order chi connectivity index (χ1) is 9.70. The Morgan fingerprint density at radius 2 is 2.20 bits per heavy atom. The van der Waals surface area contributed by atoms with Crippen LogP contribution in [0.3, 0.4) is 0 Å². The molecule has 0 saturated carbocycles. The number of hydrogen-bond acceptors (Lipinski definition) is 4. The molecule has 1 aromatic carbocycles. The summed E-state index contributed by atoms with van der Waals surface area (Å²) in [6.07, 6.45) is 0. The number of nitrogens with zero attached hydrogens (tertiary/aromatic N) is 1. The van der Waals surface area contributed by atoms with Crippen LogP contribution in [-0.2, 0) is 4.79 Å². The number of rotatable bonds is 2. The van der Waals surface area contributed by atoms with Crippen molar-refractivity contribution in [2.24, 2.45) is 0 Å². The van der Waals surface area contributed by atoms with Crippen LogP contribution in [0.4, 0.5) is 5.82 Å². The fourth-order valence-electron chi connectivity index (χ4n) is 2.39. The van der Waals surface area contributed by atoms with Crippen LogP contribution >= 0.6 is 11.8 Å². The molecule has 1 aromatic heterocycles. The first kappa shape index (κ1) is 13.1. The number of ether oxygens (including phenoxy) is 1. The minimum absolute atomic E-state index is 0.0267. The summed E-state index contributed by atoms with van der Waals surface area (Å²) in [4.78, 5) is 11.8. The van der Waals surface area contributed by atoms with Crippen LogP contribution in [0.25, 0.3) is 0 Å². The van der Waals surface area contributed by atoms with Crippen LogP contribution in [0.15, 0.2) is 24.3 Å². The molecule has 0 radical (unpaired) electrons. The number of methoxy groups -OCH3 is 1. The van der Waals surface area contributed by atoms with E-state index in [-0.39, 0.29) is 11.2 Å². The first-order valence-corrected chi connectivity index (χ1v) is 7.35. The average molecular weight is 289 g/mol. The fourth-order valence-corrected chi connectivity index (χ4v) is 3.61. The van der Waals surface area contributed by atoms with Crippen molar-refractivity contribution in [1.82, 2.24) is 10.2 Å². The molecule has 0 spiro atoms. The number of carbonyl (C=O) groups is 1. The second kappa shape index (κ2) is 5.20. The van der Waals surface area contributed by atoms with E-state index in [1.807, 2.05) is 31.2 Å². The smallest absolute Gasteiger partial charge is 0.235 e. The maximum atomic E-state index is 11.8. The summed E-state index contributed by atoms with van der Waals surface area (Å²) in [6, 6.07) is 7.89. The van der Waals surface area contributed by atoms with Crippen molar-refractivity contribution in [2.75, 3.05) is 18.2 Å². The number of carbonyl (C=O) groups excluding carboxylic acids is 1. The van der Waals surface area contributed by atoms with E-state index >= 15 is 0 Å². The molecule has 20 heavy (non-hydrogen) atoms. The molecule has 1 aliphatic rings. The van der Waals surface area contributed by atoms with Gasteiger partial charge in [0.1, 0.15) is 5.75 Å². The van der Waals surface area contributed by atoms with Crippen molar-refractivity contribution in [3.05, 3.63) is 41.1 Å². The third kappa shape index (κ3) is 2.16. The van der Waals surface area contributed by atoms with E-state index in [9.17, 15) is 4.79 Å². The van der Waals surface area contributed by atoms with Crippen LogP contribution in [-0.4, -0.2) is 29.0 Å². The molecular weight excluding hydrogens is 274 g/mol. The number of aromatic amines is 1. The Balaban J connectivity index is 2.13. The van der Waals surface area contributed by atoms with Gasteiger partial charge < -0.3 is 10.1 Å². The standard InChI is InChI=1S/C14H15N3O2S/c1-8-12-13(9-5-3-4-6-10(9)19-2)20-7-11(18)15-14(12)17-16-8/h3-6,13H,7H2,1-2H3,(H2,15,16,17,18)/t13-/m1/s1. The van der Waals surface area contributed by atoms with Crippen molar-refractivity contribution in [3.8, 4) is 5.75 Å². The van der Waals surface area contributed by atoms with Gasteiger partial charge in [0.15, 0.2) is 5.82 Å². The normalized spacial score (nSPS) is 18.1. The second-order valence-electron chi connectivity index (χ2n) is 4.59. The molecule has 1 atom stereocenters. The molecule has 2 heterocycles. The van der Waals surface area contributed by atoms with Crippen LogP contribution in [0.1, 0.15) is 22.1 Å². The molecule has 0 aliphatic carbocycles. The zero-order valence-corrected chi connectivity index (χ0v) is 12.1. The van der Waals surface area contributed by atoms with Crippen LogP contribution in [0.2, 0.25) is 0 Å². The van der Waals surface area contributed by atoms with Gasteiger partial charge in [-0.05, 0) is 13.0 Å². The van der Waals surface area contributed by atoms with Gasteiger partial charge >= 0.3 is 0 Å². The van der Waals surface area contributed by atoms with E-state index in [1.165, 1.54) is 0 Å². The number of aryl methyl sites for hydroxylation is 1. The zero-order valence-electron chi connectivity index (χ0n) is 11.3. The Bertz CT molecular complexity index is 654. The summed E-state index contributed by atoms with van der Waals surface area (Å²) in [5, 5.41) is 10.00. The highest BCUT2D eigenvalue weighted by atomic mass is 32.2. The molecule has 2 N–H and O–H groups in total. The number of hydrogen-bond donors (Lipinski definition) is 2. The molecule has 0 bridgehead atoms. The van der Waals surface area contributed by atoms with Gasteiger partial charge in [-0.15, -0.1) is 11.8 Å². The molecule has 5 nitrogen and oxygen atoms in total. The number of para-hydroxylation sites is 1. The Morgan fingerprint density at radius 1 is 1.40 bits per heavy atom. The van der Waals surface area contributed by atoms with Crippen molar-refractivity contribution >= 4 is 23.5 Å². The maximum Gasteiger partial charge on any atom is 0.235 e. The molecular formula is C14H15N3O2S. The molecule has 3 rings (SSSR count). The topological polar surface area (TPSA) is 67.0 Å². The number of thioether (sulfide) groups is 1. The number of fused-ring (bicyclic) bond motifs is 1. The number of benzene rings is 1. The Hall–Kier alpha value is -1.95. The number of nitrogens with one attached hydrogen (secondary N) is 2. The van der Waals surface area contributed by atoms with E-state index in [1.54, 1.807) is 18.9 Å². The van der Waals surface area contributed by atoms with Gasteiger partial charge in [-0.1, -0.05) is 18.2 Å². The fraction of sp³-hybridized carbons (Fsp3) is 0.286. The van der Waals surface area contributed by atoms with Gasteiger partial charge in [0.05, 0.1) is 18.1 Å². The lowest BCUT2D eigenvalue weighted by Gasteiger charge is -2.17. The largest absolute Gasteiger partial charge is 0.496 e. The lowest BCUT2D eigenvalue weighted by atomic mass is 10.0. The molecule has 1 aliphatic heterocycles. The summed E-state index contributed by atoms with van der Waals surface area (Å²) >= 11 is 1.58. The predicted molar refractivity (Wildman–Crippen MR) is 79.2 cm³/mol. The van der Waals surface area contributed by atoms with Crippen LogP contribution in [0, 0.1) is 6.92 Å². The van der Waals surface area contributed by atoms with Crippen LogP contribution < -0.4 is 10.1 Å². The first-order valence-electron chi connectivity index (χ1n) is 6.30. The molecule has 0 unspecified atom stereocenters. The van der Waals surface area contributed by atoms with Crippen molar-refractivity contribution in [1.29, 1.82) is 0 Å². The third-order valence-corrected chi connectivity index (χ3v) is 4.57. The summed E-state index contributed by atoms with van der Waals surface area (Å²) < 4.78 is 5.45. The van der Waals surface area contributed by atoms with Gasteiger partial charge in [-0.25, -0.2) is 0 Å². The van der Waals surface area contributed by atoms with Crippen LogP contribution in [0.5, 0.6) is 5.75 Å². The number of aromatic nitrogens is 2. The van der Waals surface area contributed by atoms with E-state index in [0.717, 1.165) is 22.6 Å². The number of amides is 1. The number of H-pyrrole nitrogens is 1. The average Bonchev–Trinajstić information content (AvgIpc) is 2.72. The minimum Gasteiger partial charge on any atom is -0.496 e. The highest BCUT2D eigenvalue weighted by Crippen LogP contribution is 2.44. The molecule has 0 saturated heterocycles. The highest BCUT2D eigenvalue weighted by Gasteiger charge is 2.29. The Kier molecular flexibility index (Phi) is 3.40. The monoisotopic (exact) mass is 289 g/mol. The van der Waals surface area contributed by atoms with Gasteiger partial charge in [0.2, 0.25) is 5.91 Å². The second-order valence-corrected chi connectivity index (χ2v) is 5.69. The summed E-state index contributed by atoms with van der Waals surface area (Å²) in [5.41, 5.74) is 3.04. The van der Waals surface area contributed by atoms with Crippen molar-refractivity contribution in [2.45, 2.75) is 12.2 Å². The third-order valence-electron chi connectivity index (χ3n) is 3.32. The molecule has 2 aromatic rings. The van der Waals surface area contributed by atoms with Gasteiger partial charge in [-0.2, -0.15) is 5.10 Å².